The summed E-state index contributed by atoms with van der Waals surface area (Å²) in [6, 6.07) is -0.542. The topological polar surface area (TPSA) is 60.2 Å². The van der Waals surface area contributed by atoms with Crippen molar-refractivity contribution in [1.82, 2.24) is 0 Å². The number of nitrogens with two attached hydrogens (primary N) is 1. The van der Waals surface area contributed by atoms with E-state index in [1.54, 1.807) is 0 Å². The van der Waals surface area contributed by atoms with Crippen LogP contribution in [0.5, 0.6) is 0 Å². The lowest BCUT2D eigenvalue weighted by Crippen LogP contribution is -2.39. The predicted octanol–water partition coefficient (Wildman–Crippen LogP) is 3.92. The van der Waals surface area contributed by atoms with E-state index in [1.807, 2.05) is 41.5 Å². The molecule has 0 aliphatic heterocycles. The third-order valence-corrected chi connectivity index (χ3v) is 5.02. The molecule has 0 aromatic heterocycles. The fourth-order valence-electron chi connectivity index (χ4n) is 2.40. The number of carbonyl (C=O) groups is 1. The molecule has 0 aromatic carbocycles. The maximum atomic E-state index is 11.9. The molecule has 1 aliphatic carbocycles. The first kappa shape index (κ1) is 23.1. The zero-order valence-electron chi connectivity index (χ0n) is 15.0. The molecule has 1 rings (SSSR count). The average molecular weight is 320 g/mol. The van der Waals surface area contributed by atoms with E-state index >= 15 is 0 Å². The third-order valence-electron chi connectivity index (χ3n) is 3.45. The summed E-state index contributed by atoms with van der Waals surface area (Å²) in [6.07, 6.45) is 6.23. The highest BCUT2D eigenvalue weighted by Crippen LogP contribution is 2.24. The Morgan fingerprint density at radius 3 is 2.00 bits per heavy atom. The molecule has 1 aliphatic rings. The van der Waals surface area contributed by atoms with Gasteiger partial charge in [0.2, 0.25) is 0 Å². The molecule has 1 saturated carbocycles. The quantitative estimate of drug-likeness (QED) is 0.807. The zero-order chi connectivity index (χ0) is 16.8. The first-order chi connectivity index (χ1) is 10.0. The minimum atomic E-state index is -0.931. The summed E-state index contributed by atoms with van der Waals surface area (Å²) in [5, 5.41) is 0. The minimum Gasteiger partial charge on any atom is -0.321 e. The van der Waals surface area contributed by atoms with Crippen molar-refractivity contribution < 1.29 is 9.00 Å². The second-order valence-electron chi connectivity index (χ2n) is 5.44. The molecule has 0 spiro atoms. The summed E-state index contributed by atoms with van der Waals surface area (Å²) in [5.74, 6) is 1.64. The molecule has 0 aromatic rings. The van der Waals surface area contributed by atoms with E-state index in [4.69, 9.17) is 5.73 Å². The predicted molar refractivity (Wildman–Crippen MR) is 95.0 cm³/mol. The lowest BCUT2D eigenvalue weighted by molar-refractivity contribution is -0.122. The number of Topliss-reactive ketones (excluding diaryl/α,β-unsaturated/α-hetero) is 1. The summed E-state index contributed by atoms with van der Waals surface area (Å²) >= 11 is 0. The molecule has 2 N–H and O–H groups in total. The maximum Gasteiger partial charge on any atom is 0.152 e. The van der Waals surface area contributed by atoms with Gasteiger partial charge in [0, 0.05) is 28.2 Å². The molecule has 4 heteroatoms. The molecule has 21 heavy (non-hydrogen) atoms. The van der Waals surface area contributed by atoms with Gasteiger partial charge in [0.25, 0.3) is 0 Å². The zero-order valence-corrected chi connectivity index (χ0v) is 15.8. The van der Waals surface area contributed by atoms with Crippen LogP contribution in [0.25, 0.3) is 0 Å². The standard InChI is InChI=1S/C13H25NO2S.2C2H6/c1-10(2)13(15)12(14)9-17(16)8-11-6-4-3-5-7-11;2*1-2/h10-12H,3-9,14H2,1-2H3;2*1-2H3. The lowest BCUT2D eigenvalue weighted by atomic mass is 9.91. The van der Waals surface area contributed by atoms with E-state index in [0.29, 0.717) is 11.7 Å². The minimum absolute atomic E-state index is 0.0296. The van der Waals surface area contributed by atoms with Gasteiger partial charge in [-0.15, -0.1) is 0 Å². The highest BCUT2D eigenvalue weighted by atomic mass is 32.2. The summed E-state index contributed by atoms with van der Waals surface area (Å²) < 4.78 is 11.9. The largest absolute Gasteiger partial charge is 0.321 e. The Balaban J connectivity index is 0. The van der Waals surface area contributed by atoms with Crippen molar-refractivity contribution in [3.63, 3.8) is 0 Å². The van der Waals surface area contributed by atoms with Gasteiger partial charge in [-0.3, -0.25) is 9.00 Å². The first-order valence-electron chi connectivity index (χ1n) is 8.65. The Hall–Kier alpha value is -0.220. The van der Waals surface area contributed by atoms with Crippen LogP contribution in [0.3, 0.4) is 0 Å². The molecule has 2 atom stereocenters. The van der Waals surface area contributed by atoms with Gasteiger partial charge in [0.05, 0.1) is 6.04 Å². The van der Waals surface area contributed by atoms with Crippen molar-refractivity contribution in [2.24, 2.45) is 17.6 Å². The summed E-state index contributed by atoms with van der Waals surface area (Å²) in [5.41, 5.74) is 5.78. The fraction of sp³-hybridized carbons (Fsp3) is 0.941. The monoisotopic (exact) mass is 319 g/mol. The smallest absolute Gasteiger partial charge is 0.152 e. The van der Waals surface area contributed by atoms with Gasteiger partial charge >= 0.3 is 0 Å². The van der Waals surface area contributed by atoms with Crippen LogP contribution in [0, 0.1) is 11.8 Å². The van der Waals surface area contributed by atoms with Gasteiger partial charge < -0.3 is 5.73 Å². The second-order valence-corrected chi connectivity index (χ2v) is 6.99. The number of hydrogen-bond donors (Lipinski definition) is 1. The molecule has 0 bridgehead atoms. The Morgan fingerprint density at radius 2 is 1.57 bits per heavy atom. The van der Waals surface area contributed by atoms with Crippen molar-refractivity contribution in [3.05, 3.63) is 0 Å². The van der Waals surface area contributed by atoms with Gasteiger partial charge in [-0.2, -0.15) is 0 Å². The summed E-state index contributed by atoms with van der Waals surface area (Å²) in [4.78, 5) is 11.6. The van der Waals surface area contributed by atoms with E-state index < -0.39 is 16.8 Å². The molecular formula is C17H37NO2S. The van der Waals surface area contributed by atoms with E-state index in [0.717, 1.165) is 5.75 Å². The fourth-order valence-corrected chi connectivity index (χ4v) is 3.96. The van der Waals surface area contributed by atoms with Gasteiger partial charge in [-0.1, -0.05) is 60.8 Å². The van der Waals surface area contributed by atoms with Gasteiger partial charge in [0.1, 0.15) is 0 Å². The molecule has 2 unspecified atom stereocenters. The molecule has 3 nitrogen and oxygen atoms in total. The van der Waals surface area contributed by atoms with E-state index in [2.05, 4.69) is 0 Å². The van der Waals surface area contributed by atoms with Gasteiger partial charge in [0.15, 0.2) is 5.78 Å². The second kappa shape index (κ2) is 14.7. The third kappa shape index (κ3) is 11.1. The number of rotatable bonds is 6. The van der Waals surface area contributed by atoms with Crippen LogP contribution in [-0.2, 0) is 15.6 Å². The highest BCUT2D eigenvalue weighted by Gasteiger charge is 2.22. The van der Waals surface area contributed by atoms with Crippen molar-refractivity contribution in [2.45, 2.75) is 79.7 Å². The molecule has 0 heterocycles. The lowest BCUT2D eigenvalue weighted by Gasteiger charge is -2.21. The molecule has 0 amide bonds. The van der Waals surface area contributed by atoms with Crippen molar-refractivity contribution in [1.29, 1.82) is 0 Å². The molecular weight excluding hydrogens is 282 g/mol. The SMILES string of the molecule is CC.CC.CC(C)C(=O)C(N)CS(=O)CC1CCCCC1. The molecule has 0 saturated heterocycles. The highest BCUT2D eigenvalue weighted by molar-refractivity contribution is 7.85. The number of hydrogen-bond acceptors (Lipinski definition) is 3. The Morgan fingerprint density at radius 1 is 1.10 bits per heavy atom. The van der Waals surface area contributed by atoms with Gasteiger partial charge in [-0.05, 0) is 18.8 Å². The van der Waals surface area contributed by atoms with E-state index in [-0.39, 0.29) is 11.7 Å². The Labute approximate surface area is 134 Å². The molecule has 1 fully saturated rings. The van der Waals surface area contributed by atoms with Crippen LogP contribution in [0.4, 0.5) is 0 Å². The van der Waals surface area contributed by atoms with Crippen molar-refractivity contribution >= 4 is 16.6 Å². The molecule has 0 radical (unpaired) electrons. The average Bonchev–Trinajstić information content (AvgIpc) is 2.51. The van der Waals surface area contributed by atoms with Crippen LogP contribution in [0.2, 0.25) is 0 Å². The summed E-state index contributed by atoms with van der Waals surface area (Å²) in [7, 11) is -0.931. The van der Waals surface area contributed by atoms with E-state index in [9.17, 15) is 9.00 Å². The van der Waals surface area contributed by atoms with Crippen molar-refractivity contribution in [3.8, 4) is 0 Å². The Bertz CT molecular complexity index is 274. The van der Waals surface area contributed by atoms with Crippen LogP contribution < -0.4 is 5.73 Å². The van der Waals surface area contributed by atoms with Crippen LogP contribution in [0.1, 0.15) is 73.6 Å². The van der Waals surface area contributed by atoms with Crippen LogP contribution >= 0.6 is 0 Å². The van der Waals surface area contributed by atoms with E-state index in [1.165, 1.54) is 32.1 Å². The van der Waals surface area contributed by atoms with Crippen molar-refractivity contribution in [2.75, 3.05) is 11.5 Å². The Kier molecular flexibility index (Phi) is 16.1. The van der Waals surface area contributed by atoms with Crippen LogP contribution in [0.15, 0.2) is 0 Å². The first-order valence-corrected chi connectivity index (χ1v) is 10.1. The molecule has 128 valence electrons. The normalized spacial score (nSPS) is 17.9. The number of ketones is 1. The van der Waals surface area contributed by atoms with Crippen LogP contribution in [-0.4, -0.2) is 27.5 Å². The maximum absolute atomic E-state index is 11.9. The number of carbonyl (C=O) groups excluding carboxylic acids is 1. The van der Waals surface area contributed by atoms with Gasteiger partial charge in [-0.25, -0.2) is 0 Å². The summed E-state index contributed by atoms with van der Waals surface area (Å²) in [6.45, 7) is 11.7.